The van der Waals surface area contributed by atoms with Gasteiger partial charge in [0.25, 0.3) is 0 Å². The van der Waals surface area contributed by atoms with Gasteiger partial charge in [-0.25, -0.2) is 4.79 Å². The number of carboxylic acid groups (broad SMARTS) is 1. The predicted molar refractivity (Wildman–Crippen MR) is 76.2 cm³/mol. The summed E-state index contributed by atoms with van der Waals surface area (Å²) in [5.74, 6) is -1.32. The molecule has 1 heterocycles. The van der Waals surface area contributed by atoms with Gasteiger partial charge in [-0.15, -0.1) is 0 Å². The molecule has 7 heteroatoms. The Morgan fingerprint density at radius 3 is 2.85 bits per heavy atom. The highest BCUT2D eigenvalue weighted by Crippen LogP contribution is 2.25. The third-order valence-corrected chi connectivity index (χ3v) is 3.76. The largest absolute Gasteiger partial charge is 0.481 e. The molecule has 1 aromatic rings. The summed E-state index contributed by atoms with van der Waals surface area (Å²) < 4.78 is 0. The van der Waals surface area contributed by atoms with Gasteiger partial charge in [0.15, 0.2) is 5.78 Å². The summed E-state index contributed by atoms with van der Waals surface area (Å²) in [6.07, 6.45) is -0.271. The molecule has 6 nitrogen and oxygen atoms in total. The van der Waals surface area contributed by atoms with E-state index in [2.05, 4.69) is 21.2 Å². The van der Waals surface area contributed by atoms with Crippen LogP contribution in [0, 0.1) is 0 Å². The highest BCUT2D eigenvalue weighted by molar-refractivity contribution is 9.10. The van der Waals surface area contributed by atoms with Crippen molar-refractivity contribution in [3.8, 4) is 0 Å². The van der Waals surface area contributed by atoms with E-state index in [0.717, 1.165) is 5.56 Å². The minimum absolute atomic E-state index is 0.194. The standard InChI is InChI=1S/C13H13BrN2O4/c1-16-6-8-4-7(2-3-10(8)15-13(16)20)12(19)9(14)5-11(17)18/h2-4,9H,5-6H2,1H3,(H,15,20)(H,17,18). The Morgan fingerprint density at radius 1 is 1.50 bits per heavy atom. The lowest BCUT2D eigenvalue weighted by atomic mass is 10.0. The van der Waals surface area contributed by atoms with Gasteiger partial charge >= 0.3 is 12.0 Å². The second kappa shape index (κ2) is 5.62. The molecule has 1 aliphatic heterocycles. The number of hydrogen-bond acceptors (Lipinski definition) is 3. The molecule has 0 radical (unpaired) electrons. The van der Waals surface area contributed by atoms with Crippen molar-refractivity contribution >= 4 is 39.4 Å². The molecule has 1 aromatic carbocycles. The Hall–Kier alpha value is -1.89. The maximum Gasteiger partial charge on any atom is 0.321 e. The number of alkyl halides is 1. The van der Waals surface area contributed by atoms with Crippen LogP contribution in [-0.2, 0) is 11.3 Å². The van der Waals surface area contributed by atoms with Crippen LogP contribution in [0.5, 0.6) is 0 Å². The normalized spacial score (nSPS) is 15.3. The van der Waals surface area contributed by atoms with Gasteiger partial charge in [-0.2, -0.15) is 0 Å². The summed E-state index contributed by atoms with van der Waals surface area (Å²) >= 11 is 3.09. The van der Waals surface area contributed by atoms with Crippen molar-refractivity contribution in [1.82, 2.24) is 4.90 Å². The highest BCUT2D eigenvalue weighted by atomic mass is 79.9. The van der Waals surface area contributed by atoms with Crippen LogP contribution in [0.15, 0.2) is 18.2 Å². The van der Waals surface area contributed by atoms with Crippen molar-refractivity contribution < 1.29 is 19.5 Å². The molecule has 1 aliphatic rings. The molecule has 106 valence electrons. The lowest BCUT2D eigenvalue weighted by Crippen LogP contribution is -2.35. The van der Waals surface area contributed by atoms with Crippen LogP contribution in [0.3, 0.4) is 0 Å². The number of halogens is 1. The zero-order valence-corrected chi connectivity index (χ0v) is 12.3. The third-order valence-electron chi connectivity index (χ3n) is 3.02. The number of Topliss-reactive ketones (excluding diaryl/α,β-unsaturated/α-hetero) is 1. The number of nitrogens with one attached hydrogen (secondary N) is 1. The maximum absolute atomic E-state index is 12.1. The number of carboxylic acids is 1. The van der Waals surface area contributed by atoms with E-state index in [9.17, 15) is 14.4 Å². The second-order valence-electron chi connectivity index (χ2n) is 4.59. The fraction of sp³-hybridized carbons (Fsp3) is 0.308. The summed E-state index contributed by atoms with van der Waals surface area (Å²) in [5.41, 5.74) is 1.93. The highest BCUT2D eigenvalue weighted by Gasteiger charge is 2.23. The lowest BCUT2D eigenvalue weighted by molar-refractivity contribution is -0.136. The number of urea groups is 1. The minimum Gasteiger partial charge on any atom is -0.481 e. The first-order valence-electron chi connectivity index (χ1n) is 5.93. The van der Waals surface area contributed by atoms with E-state index < -0.39 is 10.8 Å². The number of fused-ring (bicyclic) bond motifs is 1. The molecule has 2 rings (SSSR count). The summed E-state index contributed by atoms with van der Waals surface area (Å²) in [5, 5.41) is 11.4. The number of aliphatic carboxylic acids is 1. The lowest BCUT2D eigenvalue weighted by Gasteiger charge is -2.26. The van der Waals surface area contributed by atoms with Gasteiger partial charge in [0, 0.05) is 24.8 Å². The summed E-state index contributed by atoms with van der Waals surface area (Å²) in [4.78, 5) is 34.9. The van der Waals surface area contributed by atoms with Gasteiger partial charge in [0.2, 0.25) is 0 Å². The smallest absolute Gasteiger partial charge is 0.321 e. The van der Waals surface area contributed by atoms with Crippen LogP contribution in [0.1, 0.15) is 22.3 Å². The Labute approximate surface area is 123 Å². The average molecular weight is 341 g/mol. The first-order chi connectivity index (χ1) is 9.38. The van der Waals surface area contributed by atoms with Gasteiger partial charge in [-0.3, -0.25) is 9.59 Å². The van der Waals surface area contributed by atoms with Crippen LogP contribution in [-0.4, -0.2) is 39.7 Å². The fourth-order valence-electron chi connectivity index (χ4n) is 1.96. The fourth-order valence-corrected chi connectivity index (χ4v) is 2.51. The zero-order valence-electron chi connectivity index (χ0n) is 10.7. The number of nitrogens with zero attached hydrogens (tertiary/aromatic N) is 1. The van der Waals surface area contributed by atoms with E-state index in [4.69, 9.17) is 5.11 Å². The number of carbonyl (C=O) groups excluding carboxylic acids is 2. The number of anilines is 1. The Morgan fingerprint density at radius 2 is 2.20 bits per heavy atom. The van der Waals surface area contributed by atoms with Gasteiger partial charge in [-0.05, 0) is 23.8 Å². The van der Waals surface area contributed by atoms with Crippen molar-refractivity contribution in [3.05, 3.63) is 29.3 Å². The van der Waals surface area contributed by atoms with Gasteiger partial charge in [-0.1, -0.05) is 15.9 Å². The molecule has 2 N–H and O–H groups in total. The number of benzene rings is 1. The van der Waals surface area contributed by atoms with Gasteiger partial charge in [0.1, 0.15) is 0 Å². The van der Waals surface area contributed by atoms with Crippen molar-refractivity contribution in [1.29, 1.82) is 0 Å². The summed E-state index contributed by atoms with van der Waals surface area (Å²) in [6, 6.07) is 4.74. The number of hydrogen-bond donors (Lipinski definition) is 2. The van der Waals surface area contributed by atoms with E-state index in [-0.39, 0.29) is 18.2 Å². The van der Waals surface area contributed by atoms with E-state index in [1.165, 1.54) is 4.90 Å². The molecule has 1 unspecified atom stereocenters. The van der Waals surface area contributed by atoms with Crippen LogP contribution in [0.25, 0.3) is 0 Å². The Balaban J connectivity index is 2.23. The van der Waals surface area contributed by atoms with Gasteiger partial charge in [0.05, 0.1) is 11.2 Å². The van der Waals surface area contributed by atoms with E-state index in [0.29, 0.717) is 17.8 Å². The Bertz CT molecular complexity index is 588. The molecule has 0 aliphatic carbocycles. The number of rotatable bonds is 4. The average Bonchev–Trinajstić information content (AvgIpc) is 2.38. The van der Waals surface area contributed by atoms with Gasteiger partial charge < -0.3 is 15.3 Å². The zero-order chi connectivity index (χ0) is 14.9. The molecule has 0 fully saturated rings. The molecule has 0 bridgehead atoms. The first-order valence-corrected chi connectivity index (χ1v) is 6.85. The van der Waals surface area contributed by atoms with Crippen LogP contribution >= 0.6 is 15.9 Å². The van der Waals surface area contributed by atoms with E-state index >= 15 is 0 Å². The number of carbonyl (C=O) groups is 3. The molecule has 20 heavy (non-hydrogen) atoms. The van der Waals surface area contributed by atoms with Crippen LogP contribution in [0.4, 0.5) is 10.5 Å². The third kappa shape index (κ3) is 2.98. The van der Waals surface area contributed by atoms with Crippen molar-refractivity contribution in [2.24, 2.45) is 0 Å². The molecule has 1 atom stereocenters. The van der Waals surface area contributed by atoms with Crippen molar-refractivity contribution in [2.45, 2.75) is 17.8 Å². The van der Waals surface area contributed by atoms with E-state index in [1.807, 2.05) is 0 Å². The van der Waals surface area contributed by atoms with E-state index in [1.54, 1.807) is 25.2 Å². The quantitative estimate of drug-likeness (QED) is 0.649. The predicted octanol–water partition coefficient (Wildman–Crippen LogP) is 2.08. The monoisotopic (exact) mass is 340 g/mol. The number of ketones is 1. The summed E-state index contributed by atoms with van der Waals surface area (Å²) in [7, 11) is 1.66. The van der Waals surface area contributed by atoms with Crippen LogP contribution in [0.2, 0.25) is 0 Å². The maximum atomic E-state index is 12.1. The molecule has 0 saturated heterocycles. The Kier molecular flexibility index (Phi) is 4.08. The minimum atomic E-state index is -1.04. The van der Waals surface area contributed by atoms with Crippen LogP contribution < -0.4 is 5.32 Å². The van der Waals surface area contributed by atoms with Crippen molar-refractivity contribution in [2.75, 3.05) is 12.4 Å². The second-order valence-corrected chi connectivity index (χ2v) is 5.69. The molecule has 2 amide bonds. The first kappa shape index (κ1) is 14.5. The molecule has 0 saturated carbocycles. The van der Waals surface area contributed by atoms with Crippen molar-refractivity contribution in [3.63, 3.8) is 0 Å². The molecule has 0 aromatic heterocycles. The molecular formula is C13H13BrN2O4. The SMILES string of the molecule is CN1Cc2cc(C(=O)C(Br)CC(=O)O)ccc2NC1=O. The number of amides is 2. The molecule has 0 spiro atoms. The summed E-state index contributed by atoms with van der Waals surface area (Å²) in [6.45, 7) is 0.411. The molecular weight excluding hydrogens is 328 g/mol. The topological polar surface area (TPSA) is 86.7 Å².